The van der Waals surface area contributed by atoms with E-state index in [2.05, 4.69) is 4.98 Å². The molecular formula is C28H25F2N5O. The second-order valence-electron chi connectivity index (χ2n) is 9.82. The van der Waals surface area contributed by atoms with Gasteiger partial charge in [-0.1, -0.05) is 12.1 Å². The van der Waals surface area contributed by atoms with Crippen molar-refractivity contribution < 1.29 is 13.5 Å². The van der Waals surface area contributed by atoms with Crippen LogP contribution in [0.15, 0.2) is 48.8 Å². The van der Waals surface area contributed by atoms with Crippen molar-refractivity contribution >= 4 is 5.65 Å². The van der Waals surface area contributed by atoms with E-state index < -0.39 is 11.6 Å². The number of aromatic nitrogens is 3. The van der Waals surface area contributed by atoms with Crippen molar-refractivity contribution in [3.05, 3.63) is 71.8 Å². The predicted octanol–water partition coefficient (Wildman–Crippen LogP) is 5.45. The van der Waals surface area contributed by atoms with Crippen molar-refractivity contribution in [1.82, 2.24) is 14.4 Å². The Bertz CT molecular complexity index is 1510. The number of imidazole rings is 1. The van der Waals surface area contributed by atoms with Gasteiger partial charge in [-0.25, -0.2) is 18.7 Å². The molecule has 2 aliphatic rings. The summed E-state index contributed by atoms with van der Waals surface area (Å²) in [6, 6.07) is 11.2. The summed E-state index contributed by atoms with van der Waals surface area (Å²) in [6.07, 6.45) is 7.71. The Kier molecular flexibility index (Phi) is 5.45. The number of benzene rings is 2. The Morgan fingerprint density at radius 1 is 1.06 bits per heavy atom. The second-order valence-corrected chi connectivity index (χ2v) is 9.82. The maximum atomic E-state index is 14.8. The van der Waals surface area contributed by atoms with Crippen LogP contribution in [0.4, 0.5) is 8.78 Å². The Morgan fingerprint density at radius 3 is 2.44 bits per heavy atom. The molecule has 182 valence electrons. The third kappa shape index (κ3) is 3.54. The average Bonchev–Trinajstić information content (AvgIpc) is 3.46. The zero-order valence-electron chi connectivity index (χ0n) is 19.8. The fourth-order valence-electron chi connectivity index (χ4n) is 6.28. The van der Waals surface area contributed by atoms with Crippen molar-refractivity contribution in [2.24, 2.45) is 17.6 Å². The molecule has 2 heterocycles. The summed E-state index contributed by atoms with van der Waals surface area (Å²) < 4.78 is 36.6. The van der Waals surface area contributed by atoms with E-state index in [1.807, 2.05) is 16.7 Å². The second kappa shape index (κ2) is 8.68. The molecule has 2 atom stereocenters. The van der Waals surface area contributed by atoms with Gasteiger partial charge >= 0.3 is 0 Å². The minimum absolute atomic E-state index is 0.0442. The van der Waals surface area contributed by atoms with Crippen LogP contribution < -0.4 is 10.5 Å². The number of nitrogens with two attached hydrogens (primary N) is 1. The van der Waals surface area contributed by atoms with E-state index in [0.29, 0.717) is 39.9 Å². The Balaban J connectivity index is 1.63. The monoisotopic (exact) mass is 485 g/mol. The molecule has 4 aromatic rings. The summed E-state index contributed by atoms with van der Waals surface area (Å²) >= 11 is 0. The average molecular weight is 486 g/mol. The minimum Gasteiger partial charge on any atom is -0.494 e. The SMILES string of the molecule is COc1ccc(-c2c(-c3ccc(C#N)c(F)c3)nc(C3C4CCC3CC(N)C4)n3ccnc23)cc1F. The van der Waals surface area contributed by atoms with Crippen molar-refractivity contribution in [2.45, 2.75) is 37.6 Å². The number of hydrogen-bond donors (Lipinski definition) is 1. The summed E-state index contributed by atoms with van der Waals surface area (Å²) in [6.45, 7) is 0. The molecule has 6 nitrogen and oxygen atoms in total. The Labute approximate surface area is 207 Å². The number of halogens is 2. The topological polar surface area (TPSA) is 89.2 Å². The van der Waals surface area contributed by atoms with Crippen molar-refractivity contribution in [1.29, 1.82) is 5.26 Å². The van der Waals surface area contributed by atoms with Crippen LogP contribution in [0.25, 0.3) is 28.0 Å². The van der Waals surface area contributed by atoms with Crippen LogP contribution in [0.5, 0.6) is 5.75 Å². The van der Waals surface area contributed by atoms with Crippen LogP contribution in [-0.4, -0.2) is 27.5 Å². The fraction of sp³-hybridized carbons (Fsp3) is 0.321. The van der Waals surface area contributed by atoms with E-state index >= 15 is 0 Å². The molecule has 2 fully saturated rings. The highest BCUT2D eigenvalue weighted by Crippen LogP contribution is 2.52. The molecule has 0 amide bonds. The van der Waals surface area contributed by atoms with Crippen molar-refractivity contribution in [2.75, 3.05) is 7.11 Å². The quantitative estimate of drug-likeness (QED) is 0.415. The van der Waals surface area contributed by atoms with Crippen LogP contribution in [-0.2, 0) is 0 Å². The number of nitrogens with zero attached hydrogens (tertiary/aromatic N) is 4. The molecule has 2 aromatic heterocycles. The first-order valence-corrected chi connectivity index (χ1v) is 12.1. The minimum atomic E-state index is -0.628. The maximum absolute atomic E-state index is 14.8. The lowest BCUT2D eigenvalue weighted by atomic mass is 9.76. The van der Waals surface area contributed by atoms with Crippen LogP contribution in [0.2, 0.25) is 0 Å². The number of rotatable bonds is 4. The highest BCUT2D eigenvalue weighted by molar-refractivity contribution is 5.90. The summed E-state index contributed by atoms with van der Waals surface area (Å²) in [5.74, 6) is 0.920. The predicted molar refractivity (Wildman–Crippen MR) is 131 cm³/mol. The highest BCUT2D eigenvalue weighted by Gasteiger charge is 2.44. The number of ether oxygens (including phenoxy) is 1. The first-order chi connectivity index (χ1) is 17.5. The number of hydrogen-bond acceptors (Lipinski definition) is 5. The standard InChI is InChI=1S/C28H25F2N5O/c1-36-23-7-6-17(12-22(23)30)25-26(18-4-5-19(14-31)21(29)13-18)34-28(35-9-8-33-27(25)35)24-15-2-3-16(24)11-20(32)10-15/h4-9,12-13,15-16,20,24H,2-3,10-11,32H2,1H3. The largest absolute Gasteiger partial charge is 0.494 e. The molecule has 2 aromatic carbocycles. The van der Waals surface area contributed by atoms with Crippen LogP contribution in [0.3, 0.4) is 0 Å². The van der Waals surface area contributed by atoms with Gasteiger partial charge in [-0.2, -0.15) is 5.26 Å². The van der Waals surface area contributed by atoms with E-state index in [1.165, 1.54) is 25.3 Å². The molecule has 0 radical (unpaired) electrons. The molecule has 2 N–H and O–H groups in total. The van der Waals surface area contributed by atoms with Crippen molar-refractivity contribution in [3.63, 3.8) is 0 Å². The van der Waals surface area contributed by atoms with Gasteiger partial charge in [-0.3, -0.25) is 4.40 Å². The zero-order valence-corrected chi connectivity index (χ0v) is 19.8. The van der Waals surface area contributed by atoms with Crippen LogP contribution in [0, 0.1) is 34.8 Å². The summed E-state index contributed by atoms with van der Waals surface area (Å²) in [7, 11) is 1.41. The molecule has 8 heteroatoms. The van der Waals surface area contributed by atoms with E-state index in [4.69, 9.17) is 15.5 Å². The molecular weight excluding hydrogens is 460 g/mol. The number of nitriles is 1. The van der Waals surface area contributed by atoms with Gasteiger partial charge < -0.3 is 10.5 Å². The zero-order chi connectivity index (χ0) is 25.0. The molecule has 2 bridgehead atoms. The molecule has 2 unspecified atom stereocenters. The van der Waals surface area contributed by atoms with Crippen molar-refractivity contribution in [3.8, 4) is 34.2 Å². The first kappa shape index (κ1) is 22.6. The summed E-state index contributed by atoms with van der Waals surface area (Å²) in [4.78, 5) is 9.81. The van der Waals surface area contributed by atoms with Gasteiger partial charge in [0.1, 0.15) is 23.4 Å². The van der Waals surface area contributed by atoms with Gasteiger partial charge in [-0.05, 0) is 67.3 Å². The maximum Gasteiger partial charge on any atom is 0.165 e. The normalized spacial score (nSPS) is 23.1. The van der Waals surface area contributed by atoms with Gasteiger partial charge in [0.05, 0.1) is 23.9 Å². The van der Waals surface area contributed by atoms with E-state index in [0.717, 1.165) is 31.5 Å². The highest BCUT2D eigenvalue weighted by atomic mass is 19.1. The van der Waals surface area contributed by atoms with E-state index in [-0.39, 0.29) is 23.3 Å². The third-order valence-electron chi connectivity index (χ3n) is 7.81. The first-order valence-electron chi connectivity index (χ1n) is 12.1. The smallest absolute Gasteiger partial charge is 0.165 e. The molecule has 36 heavy (non-hydrogen) atoms. The number of fused-ring (bicyclic) bond motifs is 3. The lowest BCUT2D eigenvalue weighted by molar-refractivity contribution is 0.262. The summed E-state index contributed by atoms with van der Waals surface area (Å²) in [5.41, 5.74) is 9.07. The van der Waals surface area contributed by atoms with Gasteiger partial charge in [0.25, 0.3) is 0 Å². The fourth-order valence-corrected chi connectivity index (χ4v) is 6.28. The van der Waals surface area contributed by atoms with Gasteiger partial charge in [0, 0.05) is 29.9 Å². The molecule has 0 spiro atoms. The molecule has 6 rings (SSSR count). The third-order valence-corrected chi connectivity index (χ3v) is 7.81. The van der Waals surface area contributed by atoms with Gasteiger partial charge in [0.2, 0.25) is 0 Å². The van der Waals surface area contributed by atoms with E-state index in [1.54, 1.807) is 24.4 Å². The molecule has 2 aliphatic carbocycles. The number of methoxy groups -OCH3 is 1. The molecule has 0 saturated heterocycles. The van der Waals surface area contributed by atoms with Gasteiger partial charge in [0.15, 0.2) is 11.6 Å². The van der Waals surface area contributed by atoms with Gasteiger partial charge in [-0.15, -0.1) is 0 Å². The Morgan fingerprint density at radius 2 is 1.78 bits per heavy atom. The summed E-state index contributed by atoms with van der Waals surface area (Å²) in [5, 5.41) is 9.22. The molecule has 2 saturated carbocycles. The molecule has 0 aliphatic heterocycles. The van der Waals surface area contributed by atoms with Crippen LogP contribution in [0.1, 0.15) is 43.0 Å². The van der Waals surface area contributed by atoms with Crippen LogP contribution >= 0.6 is 0 Å². The van der Waals surface area contributed by atoms with E-state index in [9.17, 15) is 14.0 Å². The lowest BCUT2D eigenvalue weighted by Crippen LogP contribution is -2.34. The lowest BCUT2D eigenvalue weighted by Gasteiger charge is -2.34. The Hall–Kier alpha value is -3.83.